The van der Waals surface area contributed by atoms with Crippen LogP contribution in [0.25, 0.3) is 10.2 Å². The van der Waals surface area contributed by atoms with Crippen molar-refractivity contribution in [3.8, 4) is 0 Å². The van der Waals surface area contributed by atoms with E-state index in [9.17, 15) is 14.4 Å². The Morgan fingerprint density at radius 1 is 1.39 bits per heavy atom. The molecule has 0 aliphatic rings. The van der Waals surface area contributed by atoms with Crippen LogP contribution in [0.15, 0.2) is 12.4 Å². The number of aryl methyl sites for hydroxylation is 1. The van der Waals surface area contributed by atoms with Crippen LogP contribution in [0, 0.1) is 6.92 Å². The number of thiophene rings is 1. The van der Waals surface area contributed by atoms with Crippen molar-refractivity contribution in [2.24, 2.45) is 5.73 Å². The van der Waals surface area contributed by atoms with E-state index in [0.29, 0.717) is 5.82 Å². The van der Waals surface area contributed by atoms with Crippen LogP contribution in [0.5, 0.6) is 0 Å². The summed E-state index contributed by atoms with van der Waals surface area (Å²) in [5.41, 5.74) is 4.95. The number of nitrogens with zero attached hydrogens (tertiary/aromatic N) is 2. The number of hydrogen-bond acceptors (Lipinski definition) is 7. The second-order valence-corrected chi connectivity index (χ2v) is 6.02. The van der Waals surface area contributed by atoms with Crippen molar-refractivity contribution < 1.29 is 19.5 Å². The van der Waals surface area contributed by atoms with Crippen LogP contribution < -0.4 is 16.4 Å². The third-order valence-electron chi connectivity index (χ3n) is 2.91. The second-order valence-electron chi connectivity index (χ2n) is 4.78. The Morgan fingerprint density at radius 3 is 2.78 bits per heavy atom. The molecule has 5 N–H and O–H groups in total. The minimum atomic E-state index is -1.35. The third-order valence-corrected chi connectivity index (χ3v) is 3.87. The Bertz CT molecular complexity index is 760. The Hall–Kier alpha value is -2.75. The first-order valence-electron chi connectivity index (χ1n) is 6.62. The van der Waals surface area contributed by atoms with E-state index in [1.165, 1.54) is 17.7 Å². The molecule has 0 radical (unpaired) electrons. The number of nitrogens with one attached hydrogen (secondary N) is 2. The van der Waals surface area contributed by atoms with Gasteiger partial charge in [-0.15, -0.1) is 11.3 Å². The van der Waals surface area contributed by atoms with Gasteiger partial charge in [0.15, 0.2) is 0 Å². The first-order valence-corrected chi connectivity index (χ1v) is 7.44. The maximum atomic E-state index is 11.8. The minimum Gasteiger partial charge on any atom is -0.480 e. The number of amides is 2. The molecule has 0 aliphatic carbocycles. The van der Waals surface area contributed by atoms with Crippen molar-refractivity contribution in [2.75, 3.05) is 11.9 Å². The van der Waals surface area contributed by atoms with Gasteiger partial charge in [0, 0.05) is 4.88 Å². The van der Waals surface area contributed by atoms with Crippen molar-refractivity contribution in [3.63, 3.8) is 0 Å². The van der Waals surface area contributed by atoms with E-state index in [0.717, 1.165) is 15.1 Å². The lowest BCUT2D eigenvalue weighted by atomic mass is 10.2. The molecule has 9 nitrogen and oxygen atoms in total. The van der Waals surface area contributed by atoms with E-state index in [-0.39, 0.29) is 6.54 Å². The van der Waals surface area contributed by atoms with Crippen LogP contribution >= 0.6 is 11.3 Å². The number of rotatable bonds is 7. The summed E-state index contributed by atoms with van der Waals surface area (Å²) in [5, 5.41) is 14.8. The Labute approximate surface area is 134 Å². The van der Waals surface area contributed by atoms with E-state index in [1.54, 1.807) is 0 Å². The third kappa shape index (κ3) is 4.36. The van der Waals surface area contributed by atoms with Gasteiger partial charge in [-0.3, -0.25) is 9.59 Å². The Morgan fingerprint density at radius 2 is 2.13 bits per heavy atom. The maximum absolute atomic E-state index is 11.8. The first-order chi connectivity index (χ1) is 10.9. The molecular weight excluding hydrogens is 322 g/mol. The van der Waals surface area contributed by atoms with Crippen molar-refractivity contribution in [2.45, 2.75) is 19.4 Å². The molecule has 2 amide bonds. The molecular formula is C13H15N5O4S. The zero-order valence-electron chi connectivity index (χ0n) is 12.2. The zero-order valence-corrected chi connectivity index (χ0v) is 13.0. The Kier molecular flexibility index (Phi) is 5.06. The number of carbonyl (C=O) groups excluding carboxylic acids is 2. The van der Waals surface area contributed by atoms with Gasteiger partial charge in [0.25, 0.3) is 0 Å². The number of hydrogen-bond donors (Lipinski definition) is 4. The molecule has 0 aliphatic heterocycles. The largest absolute Gasteiger partial charge is 0.480 e. The maximum Gasteiger partial charge on any atom is 0.326 e. The fraction of sp³-hybridized carbons (Fsp3) is 0.308. The van der Waals surface area contributed by atoms with E-state index < -0.39 is 30.2 Å². The van der Waals surface area contributed by atoms with Gasteiger partial charge in [-0.1, -0.05) is 0 Å². The number of primary amides is 1. The molecule has 1 unspecified atom stereocenters. The quantitative estimate of drug-likeness (QED) is 0.549. The highest BCUT2D eigenvalue weighted by molar-refractivity contribution is 7.18. The second kappa shape index (κ2) is 7.01. The molecule has 2 aromatic rings. The number of anilines is 1. The molecule has 0 fully saturated rings. The lowest BCUT2D eigenvalue weighted by Gasteiger charge is -2.13. The average molecular weight is 337 g/mol. The van der Waals surface area contributed by atoms with Crippen LogP contribution in [-0.4, -0.2) is 45.4 Å². The van der Waals surface area contributed by atoms with Gasteiger partial charge in [-0.25, -0.2) is 14.8 Å². The highest BCUT2D eigenvalue weighted by atomic mass is 32.1. The SMILES string of the molecule is Cc1cc2c(NCC(=O)NC(CC(N)=O)C(=O)O)ncnc2s1. The van der Waals surface area contributed by atoms with Crippen LogP contribution in [0.2, 0.25) is 0 Å². The van der Waals surface area contributed by atoms with Crippen molar-refractivity contribution in [3.05, 3.63) is 17.3 Å². The number of aromatic nitrogens is 2. The number of aliphatic carboxylic acids is 1. The molecule has 2 heterocycles. The number of carboxylic acids is 1. The summed E-state index contributed by atoms with van der Waals surface area (Å²) < 4.78 is 0. The number of carboxylic acid groups (broad SMARTS) is 1. The summed E-state index contributed by atoms with van der Waals surface area (Å²) in [5.74, 6) is -2.24. The normalized spacial score (nSPS) is 11.9. The van der Waals surface area contributed by atoms with E-state index in [1.807, 2.05) is 13.0 Å². The summed E-state index contributed by atoms with van der Waals surface area (Å²) >= 11 is 1.50. The Balaban J connectivity index is 2.00. The molecule has 1 atom stereocenters. The first kappa shape index (κ1) is 16.6. The molecule has 0 saturated heterocycles. The molecule has 23 heavy (non-hydrogen) atoms. The van der Waals surface area contributed by atoms with Gasteiger partial charge in [0.05, 0.1) is 18.4 Å². The molecule has 2 rings (SSSR count). The van der Waals surface area contributed by atoms with Crippen LogP contribution in [0.4, 0.5) is 5.82 Å². The van der Waals surface area contributed by atoms with Gasteiger partial charge in [-0.05, 0) is 13.0 Å². The van der Waals surface area contributed by atoms with Gasteiger partial charge in [0.1, 0.15) is 23.0 Å². The lowest BCUT2D eigenvalue weighted by molar-refractivity contribution is -0.143. The van der Waals surface area contributed by atoms with E-state index >= 15 is 0 Å². The fourth-order valence-corrected chi connectivity index (χ4v) is 2.77. The summed E-state index contributed by atoms with van der Waals surface area (Å²) in [6.45, 7) is 1.74. The topological polar surface area (TPSA) is 147 Å². The van der Waals surface area contributed by atoms with E-state index in [2.05, 4.69) is 20.6 Å². The minimum absolute atomic E-state index is 0.191. The smallest absolute Gasteiger partial charge is 0.326 e. The number of nitrogens with two attached hydrogens (primary N) is 1. The summed E-state index contributed by atoms with van der Waals surface area (Å²) in [7, 11) is 0. The predicted octanol–water partition coefficient (Wildman–Crippen LogP) is -0.144. The fourth-order valence-electron chi connectivity index (χ4n) is 1.93. The number of fused-ring (bicyclic) bond motifs is 1. The van der Waals surface area contributed by atoms with Crippen molar-refractivity contribution >= 4 is 45.2 Å². The molecule has 0 aromatic carbocycles. The summed E-state index contributed by atoms with van der Waals surface area (Å²) in [6.07, 6.45) is 0.911. The standard InChI is InChI=1S/C13H15N5O4S/c1-6-2-7-11(16-5-17-12(7)23-6)15-4-10(20)18-8(13(21)22)3-9(14)19/h2,5,8H,3-4H2,1H3,(H2,14,19)(H,18,20)(H,21,22)(H,15,16,17). The summed E-state index contributed by atoms with van der Waals surface area (Å²) in [4.78, 5) is 43.6. The van der Waals surface area contributed by atoms with Gasteiger partial charge in [0.2, 0.25) is 11.8 Å². The molecule has 0 saturated carbocycles. The highest BCUT2D eigenvalue weighted by Crippen LogP contribution is 2.27. The lowest BCUT2D eigenvalue weighted by Crippen LogP contribution is -2.45. The zero-order chi connectivity index (χ0) is 17.0. The van der Waals surface area contributed by atoms with Crippen molar-refractivity contribution in [1.29, 1.82) is 0 Å². The van der Waals surface area contributed by atoms with Crippen LogP contribution in [0.1, 0.15) is 11.3 Å². The molecule has 122 valence electrons. The average Bonchev–Trinajstić information content (AvgIpc) is 2.84. The monoisotopic (exact) mass is 337 g/mol. The molecule has 10 heteroatoms. The van der Waals surface area contributed by atoms with Gasteiger partial charge in [-0.2, -0.15) is 0 Å². The highest BCUT2D eigenvalue weighted by Gasteiger charge is 2.22. The molecule has 2 aromatic heterocycles. The number of carbonyl (C=O) groups is 3. The molecule has 0 bridgehead atoms. The van der Waals surface area contributed by atoms with E-state index in [4.69, 9.17) is 10.8 Å². The predicted molar refractivity (Wildman–Crippen MR) is 84.0 cm³/mol. The van der Waals surface area contributed by atoms with Crippen LogP contribution in [-0.2, 0) is 14.4 Å². The summed E-state index contributed by atoms with van der Waals surface area (Å²) in [6, 6.07) is 0.545. The van der Waals surface area contributed by atoms with Gasteiger partial charge < -0.3 is 21.5 Å². The van der Waals surface area contributed by atoms with Crippen molar-refractivity contribution in [1.82, 2.24) is 15.3 Å². The van der Waals surface area contributed by atoms with Gasteiger partial charge >= 0.3 is 5.97 Å². The van der Waals surface area contributed by atoms with Crippen LogP contribution in [0.3, 0.4) is 0 Å². The molecule has 0 spiro atoms.